The van der Waals surface area contributed by atoms with Crippen molar-refractivity contribution in [2.24, 2.45) is 0 Å². The predicted octanol–water partition coefficient (Wildman–Crippen LogP) is 2.33. The lowest BCUT2D eigenvalue weighted by Crippen LogP contribution is -2.16. The van der Waals surface area contributed by atoms with Gasteiger partial charge in [-0.2, -0.15) is 5.10 Å². The molecular weight excluding hydrogens is 324 g/mol. The van der Waals surface area contributed by atoms with E-state index in [9.17, 15) is 14.4 Å². The summed E-state index contributed by atoms with van der Waals surface area (Å²) in [6.07, 6.45) is 1.79. The summed E-state index contributed by atoms with van der Waals surface area (Å²) < 4.78 is 6.66. The zero-order valence-corrected chi connectivity index (χ0v) is 13.8. The fraction of sp³-hybridized carbons (Fsp3) is 0.333. The minimum atomic E-state index is -0.988. The maximum absolute atomic E-state index is 12.3. The van der Waals surface area contributed by atoms with Crippen molar-refractivity contribution in [1.82, 2.24) is 9.78 Å². The molecule has 130 valence electrons. The largest absolute Gasteiger partial charge is 0.478 e. The van der Waals surface area contributed by atoms with Gasteiger partial charge in [0, 0.05) is 6.42 Å². The van der Waals surface area contributed by atoms with Crippen LogP contribution in [-0.4, -0.2) is 39.2 Å². The molecule has 7 nitrogen and oxygen atoms in total. The first-order valence-corrected chi connectivity index (χ1v) is 8.13. The third kappa shape index (κ3) is 3.31. The fourth-order valence-electron chi connectivity index (χ4n) is 2.98. The van der Waals surface area contributed by atoms with Crippen LogP contribution < -0.4 is 0 Å². The molecule has 0 fully saturated rings. The van der Waals surface area contributed by atoms with Crippen LogP contribution in [0, 0.1) is 0 Å². The maximum Gasteiger partial charge on any atom is 0.359 e. The lowest BCUT2D eigenvalue weighted by molar-refractivity contribution is 0.0514. The number of Topliss-reactive ketones (excluding diaryl/α,β-unsaturated/α-hetero) is 1. The molecule has 0 atom stereocenters. The van der Waals surface area contributed by atoms with Crippen LogP contribution in [0.15, 0.2) is 24.3 Å². The first-order chi connectivity index (χ1) is 12.0. The van der Waals surface area contributed by atoms with Gasteiger partial charge < -0.3 is 9.84 Å². The number of carbonyl (C=O) groups is 3. The highest BCUT2D eigenvalue weighted by molar-refractivity contribution is 6.06. The van der Waals surface area contributed by atoms with Crippen LogP contribution in [0.1, 0.15) is 62.2 Å². The average Bonchev–Trinajstić information content (AvgIpc) is 2.96. The quantitative estimate of drug-likeness (QED) is 0.837. The van der Waals surface area contributed by atoms with Gasteiger partial charge in [-0.3, -0.25) is 9.48 Å². The normalized spacial score (nSPS) is 13.4. The number of nitrogens with zero attached hydrogens (tertiary/aromatic N) is 2. The highest BCUT2D eigenvalue weighted by Gasteiger charge is 2.30. The number of aromatic nitrogens is 2. The second kappa shape index (κ2) is 6.88. The smallest absolute Gasteiger partial charge is 0.359 e. The number of carboxylic acids is 1. The van der Waals surface area contributed by atoms with E-state index in [0.717, 1.165) is 17.7 Å². The van der Waals surface area contributed by atoms with E-state index >= 15 is 0 Å². The number of fused-ring (bicyclic) bond motifs is 1. The Balaban J connectivity index is 1.96. The summed E-state index contributed by atoms with van der Waals surface area (Å²) in [5.41, 5.74) is 2.22. The number of carbonyl (C=O) groups excluding carboxylic acids is 2. The van der Waals surface area contributed by atoms with E-state index in [-0.39, 0.29) is 23.6 Å². The SMILES string of the molecule is CCOC(=O)c1nn(Cc2ccc(C(=O)O)cc2)c2c1C(=O)CCC2. The molecular formula is C18H18N2O5. The molecule has 25 heavy (non-hydrogen) atoms. The lowest BCUT2D eigenvalue weighted by atomic mass is 9.94. The summed E-state index contributed by atoms with van der Waals surface area (Å²) in [5.74, 6) is -1.66. The first kappa shape index (κ1) is 16.9. The van der Waals surface area contributed by atoms with Gasteiger partial charge in [0.05, 0.1) is 30.0 Å². The van der Waals surface area contributed by atoms with Crippen molar-refractivity contribution in [2.45, 2.75) is 32.7 Å². The maximum atomic E-state index is 12.3. The van der Waals surface area contributed by atoms with E-state index in [2.05, 4.69) is 5.10 Å². The molecule has 1 heterocycles. The van der Waals surface area contributed by atoms with Crippen molar-refractivity contribution in [3.63, 3.8) is 0 Å². The Labute approximate surface area is 144 Å². The number of rotatable bonds is 5. The summed E-state index contributed by atoms with van der Waals surface area (Å²) >= 11 is 0. The van der Waals surface area contributed by atoms with Gasteiger partial charge in [0.2, 0.25) is 0 Å². The summed E-state index contributed by atoms with van der Waals surface area (Å²) in [6.45, 7) is 2.27. The Hall–Kier alpha value is -2.96. The van der Waals surface area contributed by atoms with Gasteiger partial charge >= 0.3 is 11.9 Å². The van der Waals surface area contributed by atoms with Gasteiger partial charge in [0.25, 0.3) is 0 Å². The summed E-state index contributed by atoms with van der Waals surface area (Å²) in [5, 5.41) is 13.3. The van der Waals surface area contributed by atoms with E-state index in [1.165, 1.54) is 12.1 Å². The average molecular weight is 342 g/mol. The molecule has 0 amide bonds. The minimum absolute atomic E-state index is 0.0729. The molecule has 7 heteroatoms. The number of hydrogen-bond donors (Lipinski definition) is 1. The third-order valence-corrected chi connectivity index (χ3v) is 4.16. The van der Waals surface area contributed by atoms with Crippen LogP contribution in [0.3, 0.4) is 0 Å². The zero-order chi connectivity index (χ0) is 18.0. The van der Waals surface area contributed by atoms with Gasteiger partial charge in [-0.15, -0.1) is 0 Å². The monoisotopic (exact) mass is 342 g/mol. The van der Waals surface area contributed by atoms with Crippen LogP contribution in [0.25, 0.3) is 0 Å². The van der Waals surface area contributed by atoms with E-state index in [4.69, 9.17) is 9.84 Å². The molecule has 1 aliphatic rings. The predicted molar refractivity (Wildman–Crippen MR) is 88.0 cm³/mol. The topological polar surface area (TPSA) is 98.5 Å². The van der Waals surface area contributed by atoms with Crippen molar-refractivity contribution in [3.8, 4) is 0 Å². The second-order valence-corrected chi connectivity index (χ2v) is 5.83. The number of hydrogen-bond acceptors (Lipinski definition) is 5. The van der Waals surface area contributed by atoms with Gasteiger partial charge in [-0.1, -0.05) is 12.1 Å². The molecule has 0 radical (unpaired) electrons. The van der Waals surface area contributed by atoms with Crippen LogP contribution in [0.5, 0.6) is 0 Å². The number of esters is 1. The molecule has 3 rings (SSSR count). The van der Waals surface area contributed by atoms with Gasteiger partial charge in [-0.25, -0.2) is 9.59 Å². The molecule has 1 aromatic heterocycles. The first-order valence-electron chi connectivity index (χ1n) is 8.13. The molecule has 1 N–H and O–H groups in total. The Morgan fingerprint density at radius 3 is 2.60 bits per heavy atom. The highest BCUT2D eigenvalue weighted by atomic mass is 16.5. The molecule has 0 spiro atoms. The number of carboxylic acid groups (broad SMARTS) is 1. The van der Waals surface area contributed by atoms with Crippen molar-refractivity contribution in [3.05, 3.63) is 52.3 Å². The highest BCUT2D eigenvalue weighted by Crippen LogP contribution is 2.26. The van der Waals surface area contributed by atoms with Crippen molar-refractivity contribution in [2.75, 3.05) is 6.61 Å². The standard InChI is InChI=1S/C18H18N2O5/c1-2-25-18(24)16-15-13(4-3-5-14(15)21)20(19-16)10-11-6-8-12(9-7-11)17(22)23/h6-9H,2-5,10H2,1H3,(H,22,23). The van der Waals surface area contributed by atoms with Crippen LogP contribution in [0.4, 0.5) is 0 Å². The second-order valence-electron chi connectivity index (χ2n) is 5.83. The van der Waals surface area contributed by atoms with E-state index in [1.54, 1.807) is 23.7 Å². The molecule has 0 saturated heterocycles. The van der Waals surface area contributed by atoms with Gasteiger partial charge in [0.1, 0.15) is 0 Å². The molecule has 1 aromatic carbocycles. The Bertz CT molecular complexity index is 836. The number of ketones is 1. The van der Waals surface area contributed by atoms with E-state index in [0.29, 0.717) is 24.9 Å². The van der Waals surface area contributed by atoms with Crippen molar-refractivity contribution >= 4 is 17.7 Å². The molecule has 1 aliphatic carbocycles. The van der Waals surface area contributed by atoms with Crippen LogP contribution >= 0.6 is 0 Å². The van der Waals surface area contributed by atoms with Gasteiger partial charge in [-0.05, 0) is 37.5 Å². The summed E-state index contributed by atoms with van der Waals surface area (Å²) in [6, 6.07) is 6.44. The third-order valence-electron chi connectivity index (χ3n) is 4.16. The molecule has 0 aliphatic heterocycles. The lowest BCUT2D eigenvalue weighted by Gasteiger charge is -2.13. The number of benzene rings is 1. The summed E-state index contributed by atoms with van der Waals surface area (Å²) in [7, 11) is 0. The fourth-order valence-corrected chi connectivity index (χ4v) is 2.98. The summed E-state index contributed by atoms with van der Waals surface area (Å²) in [4.78, 5) is 35.3. The zero-order valence-electron chi connectivity index (χ0n) is 13.8. The Kier molecular flexibility index (Phi) is 4.65. The Morgan fingerprint density at radius 1 is 1.24 bits per heavy atom. The molecule has 2 aromatic rings. The number of ether oxygens (including phenoxy) is 1. The Morgan fingerprint density at radius 2 is 1.96 bits per heavy atom. The van der Waals surface area contributed by atoms with Crippen LogP contribution in [-0.2, 0) is 17.7 Å². The number of aromatic carboxylic acids is 1. The van der Waals surface area contributed by atoms with Crippen molar-refractivity contribution in [1.29, 1.82) is 0 Å². The van der Waals surface area contributed by atoms with Crippen LogP contribution in [0.2, 0.25) is 0 Å². The van der Waals surface area contributed by atoms with E-state index < -0.39 is 11.9 Å². The molecule has 0 bridgehead atoms. The minimum Gasteiger partial charge on any atom is -0.478 e. The molecule has 0 saturated carbocycles. The molecule has 0 unspecified atom stereocenters. The van der Waals surface area contributed by atoms with Crippen molar-refractivity contribution < 1.29 is 24.2 Å². The van der Waals surface area contributed by atoms with E-state index in [1.807, 2.05) is 0 Å². The van der Waals surface area contributed by atoms with Gasteiger partial charge in [0.15, 0.2) is 11.5 Å².